The van der Waals surface area contributed by atoms with Gasteiger partial charge in [-0.2, -0.15) is 4.57 Å². The number of nitrogen functional groups attached to an aromatic ring is 1. The van der Waals surface area contributed by atoms with Crippen LogP contribution in [0.1, 0.15) is 15.9 Å². The lowest BCUT2D eigenvalue weighted by Gasteiger charge is -1.96. The summed E-state index contributed by atoms with van der Waals surface area (Å²) >= 11 is 0. The van der Waals surface area contributed by atoms with E-state index >= 15 is 0 Å². The van der Waals surface area contributed by atoms with E-state index in [1.807, 2.05) is 29.1 Å². The number of hydrogen-bond acceptors (Lipinski definition) is 2. The molecule has 1 aromatic carbocycles. The number of carbonyl (C=O) groups is 1. The molecule has 0 spiro atoms. The van der Waals surface area contributed by atoms with E-state index in [1.165, 1.54) is 0 Å². The molecule has 20 heavy (non-hydrogen) atoms. The first kappa shape index (κ1) is 13.7. The van der Waals surface area contributed by atoms with Crippen molar-refractivity contribution in [2.45, 2.75) is 6.42 Å². The molecule has 2 N–H and O–H groups in total. The molecule has 1 heterocycles. The van der Waals surface area contributed by atoms with Gasteiger partial charge in [0.05, 0.1) is 0 Å². The van der Waals surface area contributed by atoms with Gasteiger partial charge in [-0.1, -0.05) is 0 Å². The van der Waals surface area contributed by atoms with Gasteiger partial charge in [-0.15, -0.1) is 0 Å². The van der Waals surface area contributed by atoms with Gasteiger partial charge in [0.15, 0.2) is 18.6 Å². The molecule has 0 aliphatic carbocycles. The first-order chi connectivity index (χ1) is 9.69. The molecule has 0 bridgehead atoms. The van der Waals surface area contributed by atoms with Crippen molar-refractivity contribution < 1.29 is 9.36 Å². The van der Waals surface area contributed by atoms with Crippen LogP contribution < -0.4 is 10.3 Å². The van der Waals surface area contributed by atoms with Gasteiger partial charge in [-0.3, -0.25) is 4.79 Å². The molecule has 4 nitrogen and oxygen atoms in total. The summed E-state index contributed by atoms with van der Waals surface area (Å²) in [5.74, 6) is -0.262. The molecule has 4 heteroatoms. The Morgan fingerprint density at radius 1 is 1.20 bits per heavy atom. The quantitative estimate of drug-likeness (QED) is 0.523. The van der Waals surface area contributed by atoms with Gasteiger partial charge in [-0.05, 0) is 36.4 Å². The highest BCUT2D eigenvalue weighted by atomic mass is 16.1. The molecule has 0 saturated heterocycles. The SMILES string of the molecule is C=C[n+]1ccc(CC=NC(=O)c2ccc(N)cc2)cc1. The minimum Gasteiger partial charge on any atom is -0.399 e. The Balaban J connectivity index is 1.96. The van der Waals surface area contributed by atoms with E-state index in [2.05, 4.69) is 11.6 Å². The van der Waals surface area contributed by atoms with Gasteiger partial charge < -0.3 is 5.73 Å². The minimum atomic E-state index is -0.262. The first-order valence-corrected chi connectivity index (χ1v) is 6.23. The predicted octanol–water partition coefficient (Wildman–Crippen LogP) is 2.11. The number of amides is 1. The summed E-state index contributed by atoms with van der Waals surface area (Å²) in [6.45, 7) is 3.67. The third kappa shape index (κ3) is 3.62. The monoisotopic (exact) mass is 266 g/mol. The van der Waals surface area contributed by atoms with Crippen LogP contribution in [0.3, 0.4) is 0 Å². The Morgan fingerprint density at radius 3 is 2.45 bits per heavy atom. The Bertz CT molecular complexity index is 628. The fourth-order valence-corrected chi connectivity index (χ4v) is 1.66. The number of hydrogen-bond donors (Lipinski definition) is 1. The van der Waals surface area contributed by atoms with Crippen LogP contribution >= 0.6 is 0 Å². The molecular weight excluding hydrogens is 250 g/mol. The van der Waals surface area contributed by atoms with Crippen molar-refractivity contribution in [1.82, 2.24) is 0 Å². The van der Waals surface area contributed by atoms with Gasteiger partial charge in [-0.25, -0.2) is 4.99 Å². The van der Waals surface area contributed by atoms with Gasteiger partial charge in [0.25, 0.3) is 5.91 Å². The fourth-order valence-electron chi connectivity index (χ4n) is 1.66. The van der Waals surface area contributed by atoms with E-state index in [4.69, 9.17) is 5.73 Å². The maximum atomic E-state index is 11.8. The number of rotatable bonds is 4. The first-order valence-electron chi connectivity index (χ1n) is 6.23. The molecule has 0 radical (unpaired) electrons. The number of carbonyl (C=O) groups excluding carboxylic acids is 1. The number of nitrogens with zero attached hydrogens (tertiary/aromatic N) is 2. The summed E-state index contributed by atoms with van der Waals surface area (Å²) in [7, 11) is 0. The lowest BCUT2D eigenvalue weighted by Crippen LogP contribution is -2.23. The number of nitrogens with two attached hydrogens (primary N) is 1. The van der Waals surface area contributed by atoms with Crippen LogP contribution in [0, 0.1) is 0 Å². The molecule has 0 saturated carbocycles. The van der Waals surface area contributed by atoms with E-state index in [0.29, 0.717) is 17.7 Å². The van der Waals surface area contributed by atoms with Crippen molar-refractivity contribution in [3.05, 3.63) is 66.5 Å². The van der Waals surface area contributed by atoms with E-state index in [9.17, 15) is 4.79 Å². The Kier molecular flexibility index (Phi) is 4.39. The van der Waals surface area contributed by atoms with Crippen molar-refractivity contribution in [3.63, 3.8) is 0 Å². The normalized spacial score (nSPS) is 10.6. The molecule has 0 unspecified atom stereocenters. The van der Waals surface area contributed by atoms with E-state index in [0.717, 1.165) is 5.56 Å². The molecule has 0 fully saturated rings. The average Bonchev–Trinajstić information content (AvgIpc) is 2.48. The van der Waals surface area contributed by atoms with Crippen molar-refractivity contribution in [1.29, 1.82) is 0 Å². The van der Waals surface area contributed by atoms with E-state index in [1.54, 1.807) is 36.7 Å². The number of pyridine rings is 1. The van der Waals surface area contributed by atoms with Crippen LogP contribution in [0.4, 0.5) is 5.69 Å². The Hall–Kier alpha value is -2.75. The zero-order valence-electron chi connectivity index (χ0n) is 11.1. The number of aromatic nitrogens is 1. The number of anilines is 1. The summed E-state index contributed by atoms with van der Waals surface area (Å²) in [6, 6.07) is 10.6. The van der Waals surface area contributed by atoms with Crippen molar-refractivity contribution in [2.24, 2.45) is 4.99 Å². The minimum absolute atomic E-state index is 0.262. The van der Waals surface area contributed by atoms with Gasteiger partial charge in [0, 0.05) is 36.0 Å². The van der Waals surface area contributed by atoms with Crippen molar-refractivity contribution in [2.75, 3.05) is 5.73 Å². The summed E-state index contributed by atoms with van der Waals surface area (Å²) in [6.07, 6.45) is 7.74. The second kappa shape index (κ2) is 6.43. The Labute approximate surface area is 117 Å². The summed E-state index contributed by atoms with van der Waals surface area (Å²) in [4.78, 5) is 15.7. The average molecular weight is 266 g/mol. The predicted molar refractivity (Wildman–Crippen MR) is 80.4 cm³/mol. The highest BCUT2D eigenvalue weighted by molar-refractivity contribution is 5.99. The molecule has 2 rings (SSSR count). The van der Waals surface area contributed by atoms with Crippen molar-refractivity contribution >= 4 is 24.0 Å². The van der Waals surface area contributed by atoms with Crippen LogP contribution in [-0.4, -0.2) is 12.1 Å². The maximum absolute atomic E-state index is 11.8. The largest absolute Gasteiger partial charge is 0.399 e. The summed E-state index contributed by atoms with van der Waals surface area (Å²) in [5, 5.41) is 0. The highest BCUT2D eigenvalue weighted by Gasteiger charge is 2.02. The van der Waals surface area contributed by atoms with Gasteiger partial charge in [0.1, 0.15) is 0 Å². The lowest BCUT2D eigenvalue weighted by molar-refractivity contribution is -0.568. The molecule has 0 atom stereocenters. The molecule has 0 aliphatic heterocycles. The zero-order valence-corrected chi connectivity index (χ0v) is 11.1. The van der Waals surface area contributed by atoms with Crippen molar-refractivity contribution in [3.8, 4) is 0 Å². The standard InChI is InChI=1S/C16H15N3O/c1-2-19-11-8-13(9-12-19)7-10-18-16(20)14-3-5-15(17)6-4-14/h2-6,8-12H,1,7H2,(H-,17,20)/p+1. The third-order valence-corrected chi connectivity index (χ3v) is 2.83. The summed E-state index contributed by atoms with van der Waals surface area (Å²) in [5.41, 5.74) is 7.81. The Morgan fingerprint density at radius 2 is 1.85 bits per heavy atom. The zero-order chi connectivity index (χ0) is 14.4. The molecular formula is C16H16N3O+. The summed E-state index contributed by atoms with van der Waals surface area (Å²) < 4.78 is 1.85. The lowest BCUT2D eigenvalue weighted by atomic mass is 10.2. The molecule has 1 aromatic heterocycles. The smallest absolute Gasteiger partial charge is 0.276 e. The van der Waals surface area contributed by atoms with Gasteiger partial charge in [0.2, 0.25) is 0 Å². The van der Waals surface area contributed by atoms with Gasteiger partial charge >= 0.3 is 0 Å². The van der Waals surface area contributed by atoms with Crippen LogP contribution in [0.25, 0.3) is 6.20 Å². The van der Waals surface area contributed by atoms with Crippen LogP contribution in [0.2, 0.25) is 0 Å². The fraction of sp³-hybridized carbons (Fsp3) is 0.0625. The van der Waals surface area contributed by atoms with Crippen LogP contribution in [0.15, 0.2) is 60.4 Å². The molecule has 100 valence electrons. The van der Waals surface area contributed by atoms with E-state index in [-0.39, 0.29) is 5.91 Å². The third-order valence-electron chi connectivity index (χ3n) is 2.83. The second-order valence-corrected chi connectivity index (χ2v) is 4.28. The molecule has 2 aromatic rings. The molecule has 0 aliphatic rings. The van der Waals surface area contributed by atoms with Crippen LogP contribution in [0.5, 0.6) is 0 Å². The highest BCUT2D eigenvalue weighted by Crippen LogP contribution is 2.06. The maximum Gasteiger partial charge on any atom is 0.276 e. The number of benzene rings is 1. The molecule has 1 amide bonds. The second-order valence-electron chi connectivity index (χ2n) is 4.28. The van der Waals surface area contributed by atoms with E-state index < -0.39 is 0 Å². The topological polar surface area (TPSA) is 59.3 Å². The number of aliphatic imine (C=N–C) groups is 1. The van der Waals surface area contributed by atoms with Crippen LogP contribution in [-0.2, 0) is 6.42 Å².